The van der Waals surface area contributed by atoms with Gasteiger partial charge in [0, 0.05) is 0 Å². The van der Waals surface area contributed by atoms with E-state index in [9.17, 15) is 19.8 Å². The molecular formula is C18H30BaO4. The van der Waals surface area contributed by atoms with Crippen molar-refractivity contribution < 1.29 is 19.8 Å². The standard InChI is InChI=1S/2C9H16O2.Ba/c2*1-3-4-5-6-7-8(2)9(10)11;/h2*2-7H2,1H3,(H,10,11);/q;;+2/p-2. The summed E-state index contributed by atoms with van der Waals surface area (Å²) in [4.78, 5) is 20.3. The number of unbranched alkanes of at least 4 members (excludes halogenated alkanes) is 6. The van der Waals surface area contributed by atoms with Gasteiger partial charge >= 0.3 is 48.9 Å². The van der Waals surface area contributed by atoms with Crippen molar-refractivity contribution in [2.24, 2.45) is 0 Å². The van der Waals surface area contributed by atoms with Gasteiger partial charge in [0.05, 0.1) is 11.9 Å². The minimum absolute atomic E-state index is 0. The summed E-state index contributed by atoms with van der Waals surface area (Å²) >= 11 is 0. The van der Waals surface area contributed by atoms with E-state index in [0.29, 0.717) is 12.8 Å². The van der Waals surface area contributed by atoms with Gasteiger partial charge in [-0.1, -0.05) is 65.5 Å². The summed E-state index contributed by atoms with van der Waals surface area (Å²) in [6, 6.07) is 0. The van der Waals surface area contributed by atoms with Crippen molar-refractivity contribution in [1.29, 1.82) is 0 Å². The number of carboxylic acids is 2. The molecule has 0 bridgehead atoms. The van der Waals surface area contributed by atoms with Crippen molar-refractivity contribution in [3.05, 3.63) is 24.3 Å². The van der Waals surface area contributed by atoms with Crippen LogP contribution in [0.15, 0.2) is 24.3 Å². The quantitative estimate of drug-likeness (QED) is 0.261. The first-order valence-electron chi connectivity index (χ1n) is 8.14. The fourth-order valence-corrected chi connectivity index (χ4v) is 1.73. The molecule has 0 aromatic carbocycles. The van der Waals surface area contributed by atoms with E-state index in [2.05, 4.69) is 27.0 Å². The Hall–Kier alpha value is -0.00857. The van der Waals surface area contributed by atoms with E-state index in [1.807, 2.05) is 0 Å². The SMILES string of the molecule is C=C(CCCCCC)C(=O)[O-].C=C(CCCCCC)C(=O)[O-].[Ba+2]. The fourth-order valence-electron chi connectivity index (χ4n) is 1.73. The first-order valence-corrected chi connectivity index (χ1v) is 8.14. The molecule has 0 aromatic heterocycles. The van der Waals surface area contributed by atoms with Crippen molar-refractivity contribution in [2.75, 3.05) is 0 Å². The maximum atomic E-state index is 10.2. The van der Waals surface area contributed by atoms with Gasteiger partial charge in [-0.05, 0) is 36.8 Å². The number of carboxylic acid groups (broad SMARTS) is 2. The Morgan fingerprint density at radius 2 is 1.00 bits per heavy atom. The molecule has 0 aliphatic rings. The molecule has 0 saturated heterocycles. The Morgan fingerprint density at radius 3 is 1.22 bits per heavy atom. The van der Waals surface area contributed by atoms with Gasteiger partial charge in [-0.3, -0.25) is 0 Å². The van der Waals surface area contributed by atoms with E-state index in [1.54, 1.807) is 0 Å². The minimum atomic E-state index is -1.11. The molecule has 4 nitrogen and oxygen atoms in total. The molecule has 0 unspecified atom stereocenters. The molecule has 5 heteroatoms. The summed E-state index contributed by atoms with van der Waals surface area (Å²) in [5.74, 6) is -2.22. The van der Waals surface area contributed by atoms with Gasteiger partial charge < -0.3 is 19.8 Å². The number of rotatable bonds is 12. The minimum Gasteiger partial charge on any atom is -0.545 e. The summed E-state index contributed by atoms with van der Waals surface area (Å²) < 4.78 is 0. The van der Waals surface area contributed by atoms with Crippen LogP contribution in [-0.2, 0) is 9.59 Å². The Kier molecular flexibility index (Phi) is 24.2. The number of aliphatic carboxylic acids is 2. The zero-order valence-electron chi connectivity index (χ0n) is 14.8. The Labute approximate surface area is 181 Å². The average molecular weight is 448 g/mol. The second-order valence-electron chi connectivity index (χ2n) is 5.40. The van der Waals surface area contributed by atoms with Crippen LogP contribution >= 0.6 is 0 Å². The van der Waals surface area contributed by atoms with E-state index in [-0.39, 0.29) is 60.0 Å². The molecule has 23 heavy (non-hydrogen) atoms. The van der Waals surface area contributed by atoms with Crippen LogP contribution in [0.4, 0.5) is 0 Å². The van der Waals surface area contributed by atoms with Gasteiger partial charge in [-0.25, -0.2) is 0 Å². The molecule has 0 atom stereocenters. The van der Waals surface area contributed by atoms with E-state index >= 15 is 0 Å². The van der Waals surface area contributed by atoms with Gasteiger partial charge in [0.15, 0.2) is 0 Å². The van der Waals surface area contributed by atoms with Crippen LogP contribution in [0.3, 0.4) is 0 Å². The van der Waals surface area contributed by atoms with Crippen LogP contribution in [0, 0.1) is 0 Å². The van der Waals surface area contributed by atoms with E-state index in [1.165, 1.54) is 12.8 Å². The van der Waals surface area contributed by atoms with Crippen LogP contribution in [0.5, 0.6) is 0 Å². The Balaban J connectivity index is -0.000000333. The first kappa shape index (κ1) is 27.8. The molecule has 0 saturated carbocycles. The van der Waals surface area contributed by atoms with Crippen molar-refractivity contribution in [3.8, 4) is 0 Å². The smallest absolute Gasteiger partial charge is 0.545 e. The summed E-state index contributed by atoms with van der Waals surface area (Å²) in [6.07, 6.45) is 9.81. The predicted octanol–water partition coefficient (Wildman–Crippen LogP) is 2.14. The third kappa shape index (κ3) is 22.0. The molecule has 128 valence electrons. The second kappa shape index (κ2) is 20.0. The molecule has 0 N–H and O–H groups in total. The molecule has 0 fully saturated rings. The molecule has 0 spiro atoms. The normalized spacial score (nSPS) is 9.13. The second-order valence-corrected chi connectivity index (χ2v) is 5.40. The van der Waals surface area contributed by atoms with Crippen LogP contribution < -0.4 is 10.2 Å². The average Bonchev–Trinajstić information content (AvgIpc) is 2.48. The number of carbonyl (C=O) groups excluding carboxylic acids is 2. The van der Waals surface area contributed by atoms with Gasteiger partial charge in [-0.15, -0.1) is 0 Å². The number of carbonyl (C=O) groups is 2. The Morgan fingerprint density at radius 1 is 0.696 bits per heavy atom. The molecule has 0 aliphatic carbocycles. The zero-order chi connectivity index (χ0) is 17.4. The molecule has 0 rings (SSSR count). The maximum absolute atomic E-state index is 10.2. The van der Waals surface area contributed by atoms with Gasteiger partial charge in [0.25, 0.3) is 0 Å². The summed E-state index contributed by atoms with van der Waals surface area (Å²) in [7, 11) is 0. The number of hydrogen-bond donors (Lipinski definition) is 0. The van der Waals surface area contributed by atoms with Crippen molar-refractivity contribution in [3.63, 3.8) is 0 Å². The molecule has 0 heterocycles. The van der Waals surface area contributed by atoms with Gasteiger partial charge in [0.2, 0.25) is 0 Å². The molecular weight excluding hydrogens is 418 g/mol. The maximum Gasteiger partial charge on any atom is 2.00 e. The van der Waals surface area contributed by atoms with Crippen molar-refractivity contribution >= 4 is 60.8 Å². The molecule has 0 aromatic rings. The summed E-state index contributed by atoms with van der Waals surface area (Å²) in [6.45, 7) is 11.0. The largest absolute Gasteiger partial charge is 2.00 e. The third-order valence-corrected chi connectivity index (χ3v) is 3.24. The Bertz CT molecular complexity index is 317. The monoisotopic (exact) mass is 448 g/mol. The predicted molar refractivity (Wildman–Crippen MR) is 91.6 cm³/mol. The van der Waals surface area contributed by atoms with Crippen LogP contribution in [0.1, 0.15) is 78.1 Å². The first-order chi connectivity index (χ1) is 10.4. The van der Waals surface area contributed by atoms with Crippen LogP contribution in [0.2, 0.25) is 0 Å². The van der Waals surface area contributed by atoms with E-state index in [0.717, 1.165) is 38.5 Å². The van der Waals surface area contributed by atoms with Crippen LogP contribution in [0.25, 0.3) is 0 Å². The summed E-state index contributed by atoms with van der Waals surface area (Å²) in [5.41, 5.74) is 0.446. The van der Waals surface area contributed by atoms with Crippen LogP contribution in [-0.4, -0.2) is 60.8 Å². The fraction of sp³-hybridized carbons (Fsp3) is 0.667. The zero-order valence-corrected chi connectivity index (χ0v) is 19.3. The van der Waals surface area contributed by atoms with Gasteiger partial charge in [-0.2, -0.15) is 0 Å². The van der Waals surface area contributed by atoms with Gasteiger partial charge in [0.1, 0.15) is 0 Å². The van der Waals surface area contributed by atoms with E-state index < -0.39 is 11.9 Å². The van der Waals surface area contributed by atoms with E-state index in [4.69, 9.17) is 0 Å². The number of hydrogen-bond acceptors (Lipinski definition) is 4. The molecule has 0 radical (unpaired) electrons. The summed E-state index contributed by atoms with van der Waals surface area (Å²) in [5, 5.41) is 20.3. The van der Waals surface area contributed by atoms with Crippen molar-refractivity contribution in [2.45, 2.75) is 78.1 Å². The topological polar surface area (TPSA) is 80.3 Å². The van der Waals surface area contributed by atoms with Crippen molar-refractivity contribution in [1.82, 2.24) is 0 Å². The molecule has 0 aliphatic heterocycles. The molecule has 0 amide bonds. The third-order valence-electron chi connectivity index (χ3n) is 3.24.